The van der Waals surface area contributed by atoms with Crippen LogP contribution < -0.4 is 4.74 Å². The number of fused-ring (bicyclic) bond motifs is 1. The third-order valence-corrected chi connectivity index (χ3v) is 2.51. The van der Waals surface area contributed by atoms with Gasteiger partial charge in [0.15, 0.2) is 0 Å². The molecule has 0 aliphatic heterocycles. The Hall–Kier alpha value is -1.97. The second-order valence-electron chi connectivity index (χ2n) is 3.41. The molecule has 1 heterocycles. The fraction of sp³-hybridized carbons (Fsp3) is 0.250. The van der Waals surface area contributed by atoms with E-state index in [1.165, 1.54) is 7.11 Å². The summed E-state index contributed by atoms with van der Waals surface area (Å²) < 4.78 is 15.2. The Morgan fingerprint density at radius 3 is 2.69 bits per heavy atom. The number of aryl methyl sites for hydroxylation is 1. The van der Waals surface area contributed by atoms with Crippen LogP contribution in [-0.4, -0.2) is 20.2 Å². The van der Waals surface area contributed by atoms with E-state index in [1.54, 1.807) is 19.2 Å². The Kier molecular flexibility index (Phi) is 2.56. The smallest absolute Gasteiger partial charge is 0.374 e. The van der Waals surface area contributed by atoms with Gasteiger partial charge in [0, 0.05) is 10.9 Å². The molecule has 0 unspecified atom stereocenters. The maximum Gasteiger partial charge on any atom is 0.374 e. The van der Waals surface area contributed by atoms with E-state index in [0.717, 1.165) is 16.7 Å². The fourth-order valence-electron chi connectivity index (χ4n) is 1.61. The van der Waals surface area contributed by atoms with Crippen molar-refractivity contribution in [3.05, 3.63) is 29.5 Å². The van der Waals surface area contributed by atoms with Crippen LogP contribution in [0.4, 0.5) is 0 Å². The molecule has 0 aliphatic carbocycles. The molecule has 0 radical (unpaired) electrons. The van der Waals surface area contributed by atoms with Crippen LogP contribution in [0.5, 0.6) is 5.75 Å². The maximum absolute atomic E-state index is 11.4. The average Bonchev–Trinajstić information content (AvgIpc) is 2.65. The highest BCUT2D eigenvalue weighted by Crippen LogP contribution is 2.28. The summed E-state index contributed by atoms with van der Waals surface area (Å²) in [6, 6.07) is 5.39. The molecule has 4 heteroatoms. The van der Waals surface area contributed by atoms with Crippen LogP contribution in [0.1, 0.15) is 16.1 Å². The van der Waals surface area contributed by atoms with Crippen LogP contribution in [0.15, 0.2) is 22.6 Å². The molecular formula is C12H12O4. The molecule has 1 aromatic carbocycles. The molecule has 0 saturated heterocycles. The van der Waals surface area contributed by atoms with Gasteiger partial charge in [-0.2, -0.15) is 0 Å². The maximum atomic E-state index is 11.4. The zero-order valence-corrected chi connectivity index (χ0v) is 9.37. The monoisotopic (exact) mass is 220 g/mol. The molecule has 16 heavy (non-hydrogen) atoms. The van der Waals surface area contributed by atoms with Gasteiger partial charge in [-0.25, -0.2) is 4.79 Å². The molecule has 2 rings (SSSR count). The van der Waals surface area contributed by atoms with Crippen molar-refractivity contribution in [3.63, 3.8) is 0 Å². The Bertz CT molecular complexity index is 539. The SMILES string of the molecule is COC(=O)c1oc2ccc(OC)cc2c1C. The molecule has 4 nitrogen and oxygen atoms in total. The zero-order valence-electron chi connectivity index (χ0n) is 9.37. The average molecular weight is 220 g/mol. The van der Waals surface area contributed by atoms with Crippen molar-refractivity contribution in [1.82, 2.24) is 0 Å². The highest BCUT2D eigenvalue weighted by atomic mass is 16.5. The topological polar surface area (TPSA) is 48.7 Å². The van der Waals surface area contributed by atoms with Gasteiger partial charge in [0.1, 0.15) is 11.3 Å². The van der Waals surface area contributed by atoms with E-state index in [-0.39, 0.29) is 5.76 Å². The number of esters is 1. The Labute approximate surface area is 92.8 Å². The minimum absolute atomic E-state index is 0.241. The summed E-state index contributed by atoms with van der Waals surface area (Å²) in [5, 5.41) is 0.861. The van der Waals surface area contributed by atoms with Gasteiger partial charge >= 0.3 is 5.97 Å². The van der Waals surface area contributed by atoms with Crippen LogP contribution >= 0.6 is 0 Å². The number of hydrogen-bond donors (Lipinski definition) is 0. The van der Waals surface area contributed by atoms with Gasteiger partial charge in [-0.15, -0.1) is 0 Å². The molecule has 0 spiro atoms. The number of carbonyl (C=O) groups excluding carboxylic acids is 1. The van der Waals surface area contributed by atoms with E-state index in [2.05, 4.69) is 4.74 Å². The van der Waals surface area contributed by atoms with Crippen molar-refractivity contribution < 1.29 is 18.7 Å². The summed E-state index contributed by atoms with van der Waals surface area (Å²) in [6.07, 6.45) is 0. The lowest BCUT2D eigenvalue weighted by atomic mass is 10.1. The summed E-state index contributed by atoms with van der Waals surface area (Å²) in [7, 11) is 2.92. The summed E-state index contributed by atoms with van der Waals surface area (Å²) in [6.45, 7) is 1.82. The fourth-order valence-corrected chi connectivity index (χ4v) is 1.61. The van der Waals surface area contributed by atoms with Gasteiger partial charge in [0.2, 0.25) is 5.76 Å². The largest absolute Gasteiger partial charge is 0.497 e. The number of rotatable bonds is 2. The number of ether oxygens (including phenoxy) is 2. The van der Waals surface area contributed by atoms with Crippen molar-refractivity contribution in [1.29, 1.82) is 0 Å². The van der Waals surface area contributed by atoms with Gasteiger partial charge in [-0.05, 0) is 25.1 Å². The third-order valence-electron chi connectivity index (χ3n) is 2.51. The van der Waals surface area contributed by atoms with Crippen molar-refractivity contribution in [2.75, 3.05) is 14.2 Å². The van der Waals surface area contributed by atoms with Crippen LogP contribution in [0.2, 0.25) is 0 Å². The molecule has 1 aromatic heterocycles. The molecule has 0 atom stereocenters. The van der Waals surface area contributed by atoms with Crippen molar-refractivity contribution in [2.24, 2.45) is 0 Å². The first-order valence-corrected chi connectivity index (χ1v) is 4.83. The second kappa shape index (κ2) is 3.89. The molecule has 0 amide bonds. The van der Waals surface area contributed by atoms with Crippen LogP contribution in [0.3, 0.4) is 0 Å². The first-order chi connectivity index (χ1) is 7.67. The molecule has 0 fully saturated rings. The van der Waals surface area contributed by atoms with E-state index in [4.69, 9.17) is 9.15 Å². The Morgan fingerprint density at radius 2 is 2.06 bits per heavy atom. The first kappa shape index (κ1) is 10.5. The predicted octanol–water partition coefficient (Wildman–Crippen LogP) is 2.54. The van der Waals surface area contributed by atoms with E-state index in [9.17, 15) is 4.79 Å². The number of furan rings is 1. The minimum atomic E-state index is -0.465. The molecule has 84 valence electrons. The standard InChI is InChI=1S/C12H12O4/c1-7-9-6-8(14-2)4-5-10(9)16-11(7)12(13)15-3/h4-6H,1-3H3. The summed E-state index contributed by atoms with van der Waals surface area (Å²) in [5.74, 6) is 0.506. The lowest BCUT2D eigenvalue weighted by Gasteiger charge is -1.97. The summed E-state index contributed by atoms with van der Waals surface area (Å²) >= 11 is 0. The van der Waals surface area contributed by atoms with Crippen molar-refractivity contribution in [2.45, 2.75) is 6.92 Å². The summed E-state index contributed by atoms with van der Waals surface area (Å²) in [5.41, 5.74) is 1.42. The van der Waals surface area contributed by atoms with Gasteiger partial charge < -0.3 is 13.9 Å². The number of hydrogen-bond acceptors (Lipinski definition) is 4. The quantitative estimate of drug-likeness (QED) is 0.730. The van der Waals surface area contributed by atoms with Gasteiger partial charge in [-0.1, -0.05) is 0 Å². The molecule has 0 bridgehead atoms. The van der Waals surface area contributed by atoms with Gasteiger partial charge in [0.25, 0.3) is 0 Å². The number of carbonyl (C=O) groups is 1. The van der Waals surface area contributed by atoms with E-state index < -0.39 is 5.97 Å². The highest BCUT2D eigenvalue weighted by molar-refractivity contribution is 5.96. The summed E-state index contributed by atoms with van der Waals surface area (Å²) in [4.78, 5) is 11.4. The lowest BCUT2D eigenvalue weighted by molar-refractivity contribution is 0.0566. The van der Waals surface area contributed by atoms with Gasteiger partial charge in [0.05, 0.1) is 14.2 Å². The normalized spacial score (nSPS) is 10.4. The molecule has 2 aromatic rings. The second-order valence-corrected chi connectivity index (χ2v) is 3.41. The Balaban J connectivity index is 2.64. The van der Waals surface area contributed by atoms with Crippen LogP contribution in [0.25, 0.3) is 11.0 Å². The Morgan fingerprint density at radius 1 is 1.31 bits per heavy atom. The van der Waals surface area contributed by atoms with E-state index in [0.29, 0.717) is 5.58 Å². The van der Waals surface area contributed by atoms with Crippen molar-refractivity contribution in [3.8, 4) is 5.75 Å². The molecule has 0 aliphatic rings. The van der Waals surface area contributed by atoms with Gasteiger partial charge in [-0.3, -0.25) is 0 Å². The zero-order chi connectivity index (χ0) is 11.7. The number of benzene rings is 1. The number of methoxy groups -OCH3 is 2. The predicted molar refractivity (Wildman–Crippen MR) is 58.8 cm³/mol. The molecule has 0 saturated carbocycles. The first-order valence-electron chi connectivity index (χ1n) is 4.83. The van der Waals surface area contributed by atoms with Crippen molar-refractivity contribution >= 4 is 16.9 Å². The molecule has 0 N–H and O–H groups in total. The van der Waals surface area contributed by atoms with E-state index in [1.807, 2.05) is 13.0 Å². The minimum Gasteiger partial charge on any atom is -0.497 e. The molecular weight excluding hydrogens is 208 g/mol. The third kappa shape index (κ3) is 1.52. The lowest BCUT2D eigenvalue weighted by Crippen LogP contribution is -2.00. The van der Waals surface area contributed by atoms with E-state index >= 15 is 0 Å². The van der Waals surface area contributed by atoms with Crippen LogP contribution in [-0.2, 0) is 4.74 Å². The highest BCUT2D eigenvalue weighted by Gasteiger charge is 2.18. The van der Waals surface area contributed by atoms with Crippen LogP contribution in [0, 0.1) is 6.92 Å².